The summed E-state index contributed by atoms with van der Waals surface area (Å²) in [5.74, 6) is 0.435. The van der Waals surface area contributed by atoms with Crippen molar-refractivity contribution in [1.29, 1.82) is 0 Å². The van der Waals surface area contributed by atoms with Gasteiger partial charge in [-0.15, -0.1) is 10.2 Å². The average Bonchev–Trinajstić information content (AvgIpc) is 3.44. The number of hydrogen-bond donors (Lipinski definition) is 1. The number of hydrogen-bond acceptors (Lipinski definition) is 6. The standard InChI is InChI=1S/C22H22N6O2S/c1-13(2)28-12-23-26-20(28)18-6-5-7-19(24-18)25-21(29)17-10-16(15-8-9-31-11-15)14(3)27(4)22(17)30/h5-13H,1-4H3,(H,24,25,29). The van der Waals surface area contributed by atoms with Crippen LogP contribution < -0.4 is 10.9 Å². The molecule has 0 aliphatic rings. The zero-order valence-corrected chi connectivity index (χ0v) is 18.5. The highest BCUT2D eigenvalue weighted by Gasteiger charge is 2.18. The van der Waals surface area contributed by atoms with Gasteiger partial charge >= 0.3 is 0 Å². The summed E-state index contributed by atoms with van der Waals surface area (Å²) in [5.41, 5.74) is 2.91. The first-order valence-electron chi connectivity index (χ1n) is 9.78. The summed E-state index contributed by atoms with van der Waals surface area (Å²) in [6.45, 7) is 5.92. The molecule has 0 atom stereocenters. The van der Waals surface area contributed by atoms with E-state index in [4.69, 9.17) is 0 Å². The Morgan fingerprint density at radius 2 is 2.03 bits per heavy atom. The summed E-state index contributed by atoms with van der Waals surface area (Å²) in [7, 11) is 1.67. The van der Waals surface area contributed by atoms with Crippen LogP contribution in [0.5, 0.6) is 0 Å². The fraction of sp³-hybridized carbons (Fsp3) is 0.227. The van der Waals surface area contributed by atoms with Crippen LogP contribution in [0.15, 0.2) is 52.2 Å². The van der Waals surface area contributed by atoms with E-state index >= 15 is 0 Å². The number of carbonyl (C=O) groups is 1. The molecule has 1 N–H and O–H groups in total. The quantitative estimate of drug-likeness (QED) is 0.514. The van der Waals surface area contributed by atoms with Gasteiger partial charge in [-0.2, -0.15) is 11.3 Å². The first-order valence-corrected chi connectivity index (χ1v) is 10.7. The molecule has 9 heteroatoms. The van der Waals surface area contributed by atoms with E-state index in [0.29, 0.717) is 17.3 Å². The number of aromatic nitrogens is 5. The minimum atomic E-state index is -0.507. The number of carbonyl (C=O) groups excluding carboxylic acids is 1. The summed E-state index contributed by atoms with van der Waals surface area (Å²) < 4.78 is 3.40. The maximum atomic E-state index is 13.0. The van der Waals surface area contributed by atoms with Crippen LogP contribution in [0.2, 0.25) is 0 Å². The Hall–Kier alpha value is -3.59. The SMILES string of the molecule is Cc1c(-c2ccsc2)cc(C(=O)Nc2cccc(-c3nncn3C(C)C)n2)c(=O)n1C. The van der Waals surface area contributed by atoms with Gasteiger partial charge in [0.25, 0.3) is 11.5 Å². The lowest BCUT2D eigenvalue weighted by Gasteiger charge is -2.13. The molecular weight excluding hydrogens is 412 g/mol. The number of nitrogens with zero attached hydrogens (tertiary/aromatic N) is 5. The second-order valence-corrected chi connectivity index (χ2v) is 8.23. The smallest absolute Gasteiger partial charge is 0.263 e. The molecule has 0 saturated heterocycles. The molecular formula is C22H22N6O2S. The second kappa shape index (κ2) is 8.27. The molecule has 0 aromatic carbocycles. The van der Waals surface area contributed by atoms with Crippen LogP contribution in [-0.2, 0) is 7.05 Å². The van der Waals surface area contributed by atoms with E-state index < -0.39 is 5.91 Å². The molecule has 4 rings (SSSR count). The van der Waals surface area contributed by atoms with Crippen molar-refractivity contribution in [3.63, 3.8) is 0 Å². The van der Waals surface area contributed by atoms with E-state index in [1.807, 2.05) is 42.2 Å². The van der Waals surface area contributed by atoms with Gasteiger partial charge in [-0.3, -0.25) is 9.59 Å². The Morgan fingerprint density at radius 1 is 1.23 bits per heavy atom. The molecule has 0 aliphatic carbocycles. The number of pyridine rings is 2. The van der Waals surface area contributed by atoms with E-state index in [2.05, 4.69) is 20.5 Å². The number of thiophene rings is 1. The van der Waals surface area contributed by atoms with E-state index in [0.717, 1.165) is 16.8 Å². The van der Waals surface area contributed by atoms with E-state index in [1.54, 1.807) is 49.0 Å². The molecule has 0 saturated carbocycles. The van der Waals surface area contributed by atoms with Crippen LogP contribution in [0.25, 0.3) is 22.6 Å². The molecule has 0 bridgehead atoms. The molecule has 1 amide bonds. The van der Waals surface area contributed by atoms with Crippen molar-refractivity contribution in [3.05, 3.63) is 69.0 Å². The lowest BCUT2D eigenvalue weighted by Crippen LogP contribution is -2.29. The zero-order chi connectivity index (χ0) is 22.1. The molecule has 0 aliphatic heterocycles. The molecule has 8 nitrogen and oxygen atoms in total. The highest BCUT2D eigenvalue weighted by Crippen LogP contribution is 2.25. The van der Waals surface area contributed by atoms with Gasteiger partial charge in [0.15, 0.2) is 5.82 Å². The summed E-state index contributed by atoms with van der Waals surface area (Å²) in [5, 5.41) is 14.8. The Labute approximate surface area is 183 Å². The van der Waals surface area contributed by atoms with Gasteiger partial charge < -0.3 is 14.5 Å². The van der Waals surface area contributed by atoms with E-state index in [9.17, 15) is 9.59 Å². The van der Waals surface area contributed by atoms with Crippen molar-refractivity contribution in [2.45, 2.75) is 26.8 Å². The lowest BCUT2D eigenvalue weighted by atomic mass is 10.0. The fourth-order valence-corrected chi connectivity index (χ4v) is 3.97. The second-order valence-electron chi connectivity index (χ2n) is 7.45. The monoisotopic (exact) mass is 434 g/mol. The van der Waals surface area contributed by atoms with Crippen molar-refractivity contribution in [1.82, 2.24) is 24.3 Å². The van der Waals surface area contributed by atoms with Crippen molar-refractivity contribution in [2.75, 3.05) is 5.32 Å². The van der Waals surface area contributed by atoms with Crippen molar-refractivity contribution in [3.8, 4) is 22.6 Å². The Bertz CT molecular complexity index is 1300. The summed E-state index contributed by atoms with van der Waals surface area (Å²) >= 11 is 1.56. The van der Waals surface area contributed by atoms with Gasteiger partial charge in [-0.1, -0.05) is 6.07 Å². The van der Waals surface area contributed by atoms with Crippen molar-refractivity contribution >= 4 is 23.1 Å². The Balaban J connectivity index is 1.68. The first kappa shape index (κ1) is 20.7. The lowest BCUT2D eigenvalue weighted by molar-refractivity contribution is 0.102. The molecule has 31 heavy (non-hydrogen) atoms. The van der Waals surface area contributed by atoms with Gasteiger partial charge in [0, 0.05) is 24.3 Å². The van der Waals surface area contributed by atoms with Gasteiger partial charge in [0.2, 0.25) is 0 Å². The molecule has 4 aromatic heterocycles. The fourth-order valence-electron chi connectivity index (χ4n) is 3.31. The van der Waals surface area contributed by atoms with Gasteiger partial charge in [-0.05, 0) is 61.4 Å². The van der Waals surface area contributed by atoms with Gasteiger partial charge in [0.1, 0.15) is 23.4 Å². The number of amides is 1. The minimum Gasteiger partial charge on any atom is -0.315 e. The van der Waals surface area contributed by atoms with Crippen LogP contribution >= 0.6 is 11.3 Å². The molecule has 0 spiro atoms. The van der Waals surface area contributed by atoms with E-state index in [-0.39, 0.29) is 17.2 Å². The average molecular weight is 435 g/mol. The molecule has 158 valence electrons. The first-order chi connectivity index (χ1) is 14.9. The third-order valence-electron chi connectivity index (χ3n) is 5.14. The molecule has 4 aromatic rings. The topological polar surface area (TPSA) is 94.7 Å². The number of nitrogens with one attached hydrogen (secondary N) is 1. The van der Waals surface area contributed by atoms with Crippen LogP contribution in [0, 0.1) is 6.92 Å². The van der Waals surface area contributed by atoms with Crippen LogP contribution in [0.3, 0.4) is 0 Å². The summed E-state index contributed by atoms with van der Waals surface area (Å²) in [6.07, 6.45) is 1.65. The van der Waals surface area contributed by atoms with Crippen molar-refractivity contribution in [2.24, 2.45) is 7.05 Å². The normalized spacial score (nSPS) is 11.1. The Morgan fingerprint density at radius 3 is 2.74 bits per heavy atom. The highest BCUT2D eigenvalue weighted by atomic mass is 32.1. The molecule has 0 radical (unpaired) electrons. The minimum absolute atomic E-state index is 0.0619. The van der Waals surface area contributed by atoms with Gasteiger partial charge in [-0.25, -0.2) is 4.98 Å². The third kappa shape index (κ3) is 3.91. The zero-order valence-electron chi connectivity index (χ0n) is 17.7. The Kier molecular flexibility index (Phi) is 5.51. The third-order valence-corrected chi connectivity index (χ3v) is 5.83. The maximum Gasteiger partial charge on any atom is 0.263 e. The number of anilines is 1. The predicted octanol–water partition coefficient (Wildman–Crippen LogP) is 3.91. The van der Waals surface area contributed by atoms with Crippen LogP contribution in [0.4, 0.5) is 5.82 Å². The number of rotatable bonds is 5. The van der Waals surface area contributed by atoms with Crippen LogP contribution in [0.1, 0.15) is 35.9 Å². The molecule has 0 unspecified atom stereocenters. The summed E-state index contributed by atoms with van der Waals surface area (Å²) in [4.78, 5) is 30.3. The van der Waals surface area contributed by atoms with E-state index in [1.165, 1.54) is 4.57 Å². The summed E-state index contributed by atoms with van der Waals surface area (Å²) in [6, 6.07) is 9.04. The maximum absolute atomic E-state index is 13.0. The van der Waals surface area contributed by atoms with Crippen LogP contribution in [-0.4, -0.2) is 30.2 Å². The largest absolute Gasteiger partial charge is 0.315 e. The molecule has 4 heterocycles. The van der Waals surface area contributed by atoms with Gasteiger partial charge in [0.05, 0.1) is 0 Å². The van der Waals surface area contributed by atoms with Crippen molar-refractivity contribution < 1.29 is 4.79 Å². The predicted molar refractivity (Wildman–Crippen MR) is 121 cm³/mol. The highest BCUT2D eigenvalue weighted by molar-refractivity contribution is 7.08. The molecule has 0 fully saturated rings.